The minimum absolute atomic E-state index is 0.0535. The second-order valence-corrected chi connectivity index (χ2v) is 9.60. The summed E-state index contributed by atoms with van der Waals surface area (Å²) in [5, 5.41) is 4.97. The van der Waals surface area contributed by atoms with Crippen molar-refractivity contribution in [1.29, 1.82) is 0 Å². The van der Waals surface area contributed by atoms with Gasteiger partial charge in [0, 0.05) is 31.1 Å². The van der Waals surface area contributed by atoms with Gasteiger partial charge < -0.3 is 15.1 Å². The van der Waals surface area contributed by atoms with Gasteiger partial charge in [-0.1, -0.05) is 25.1 Å². The van der Waals surface area contributed by atoms with Crippen LogP contribution in [0.3, 0.4) is 0 Å². The molecule has 3 heterocycles. The predicted octanol–water partition coefficient (Wildman–Crippen LogP) is 4.52. The molecule has 2 fully saturated rings. The standard InChI is InChI=1S/C21H25N3O2S2/c1-2-16-5-3-6-17(15-16)22-20(26)23-10-8-21(9-11-23)24(12-14-28-21)19(25)18-7-4-13-27-18/h3-7,13,15H,2,8-12,14H2,1H3,(H,22,26). The molecule has 1 aromatic heterocycles. The number of likely N-dealkylation sites (tertiary alicyclic amines) is 1. The normalized spacial score (nSPS) is 18.5. The van der Waals surface area contributed by atoms with Crippen LogP contribution < -0.4 is 5.32 Å². The number of anilines is 1. The summed E-state index contributed by atoms with van der Waals surface area (Å²) in [6.45, 7) is 4.23. The first-order valence-corrected chi connectivity index (χ1v) is 11.6. The van der Waals surface area contributed by atoms with Crippen molar-refractivity contribution < 1.29 is 9.59 Å². The molecule has 28 heavy (non-hydrogen) atoms. The fourth-order valence-corrected chi connectivity index (χ4v) is 6.10. The Bertz CT molecular complexity index is 845. The maximum Gasteiger partial charge on any atom is 0.321 e. The number of nitrogens with zero attached hydrogens (tertiary/aromatic N) is 2. The van der Waals surface area contributed by atoms with Crippen LogP contribution in [-0.4, -0.2) is 52.0 Å². The van der Waals surface area contributed by atoms with E-state index in [4.69, 9.17) is 0 Å². The van der Waals surface area contributed by atoms with Crippen LogP contribution in [0.25, 0.3) is 0 Å². The zero-order valence-corrected chi connectivity index (χ0v) is 17.7. The van der Waals surface area contributed by atoms with Gasteiger partial charge in [0.2, 0.25) is 0 Å². The maximum absolute atomic E-state index is 12.9. The van der Waals surface area contributed by atoms with Crippen molar-refractivity contribution in [3.05, 3.63) is 52.2 Å². The minimum atomic E-state index is -0.167. The highest BCUT2D eigenvalue weighted by molar-refractivity contribution is 8.00. The number of hydrogen-bond donors (Lipinski definition) is 1. The number of amides is 3. The van der Waals surface area contributed by atoms with E-state index in [-0.39, 0.29) is 16.8 Å². The van der Waals surface area contributed by atoms with E-state index in [9.17, 15) is 9.59 Å². The van der Waals surface area contributed by atoms with E-state index >= 15 is 0 Å². The van der Waals surface area contributed by atoms with Crippen molar-refractivity contribution in [2.24, 2.45) is 0 Å². The maximum atomic E-state index is 12.9. The van der Waals surface area contributed by atoms with Crippen LogP contribution in [0.15, 0.2) is 41.8 Å². The first-order chi connectivity index (χ1) is 13.6. The Morgan fingerprint density at radius 3 is 2.68 bits per heavy atom. The van der Waals surface area contributed by atoms with Gasteiger partial charge in [0.1, 0.15) is 0 Å². The molecule has 2 saturated heterocycles. The number of rotatable bonds is 3. The fourth-order valence-electron chi connectivity index (χ4n) is 3.97. The Labute approximate surface area is 174 Å². The Balaban J connectivity index is 1.39. The lowest BCUT2D eigenvalue weighted by atomic mass is 10.0. The van der Waals surface area contributed by atoms with Crippen molar-refractivity contribution in [1.82, 2.24) is 9.80 Å². The van der Waals surface area contributed by atoms with Crippen LogP contribution in [0.5, 0.6) is 0 Å². The van der Waals surface area contributed by atoms with Crippen molar-refractivity contribution in [2.45, 2.75) is 31.1 Å². The van der Waals surface area contributed by atoms with E-state index in [2.05, 4.69) is 18.3 Å². The van der Waals surface area contributed by atoms with Gasteiger partial charge in [0.25, 0.3) is 5.91 Å². The van der Waals surface area contributed by atoms with Crippen molar-refractivity contribution in [2.75, 3.05) is 30.7 Å². The molecule has 0 unspecified atom stereocenters. The molecule has 0 aliphatic carbocycles. The van der Waals surface area contributed by atoms with Crippen LogP contribution >= 0.6 is 23.1 Å². The molecule has 5 nitrogen and oxygen atoms in total. The summed E-state index contributed by atoms with van der Waals surface area (Å²) in [5.41, 5.74) is 2.05. The van der Waals surface area contributed by atoms with Crippen LogP contribution in [0.2, 0.25) is 0 Å². The number of carbonyl (C=O) groups is 2. The summed E-state index contributed by atoms with van der Waals surface area (Å²) in [6, 6.07) is 11.8. The summed E-state index contributed by atoms with van der Waals surface area (Å²) in [5.74, 6) is 1.10. The van der Waals surface area contributed by atoms with Gasteiger partial charge in [-0.25, -0.2) is 4.79 Å². The largest absolute Gasteiger partial charge is 0.324 e. The van der Waals surface area contributed by atoms with E-state index in [0.29, 0.717) is 13.1 Å². The van der Waals surface area contributed by atoms with E-state index in [1.54, 1.807) is 0 Å². The molecule has 1 spiro atoms. The van der Waals surface area contributed by atoms with Gasteiger partial charge in [0.15, 0.2) is 0 Å². The highest BCUT2D eigenvalue weighted by atomic mass is 32.2. The SMILES string of the molecule is CCc1cccc(NC(=O)N2CCC3(CC2)SCCN3C(=O)c2cccs2)c1. The lowest BCUT2D eigenvalue weighted by molar-refractivity contribution is 0.0590. The number of thiophene rings is 1. The molecule has 1 N–H and O–H groups in total. The molecule has 0 radical (unpaired) electrons. The van der Waals surface area contributed by atoms with Crippen LogP contribution in [0.1, 0.15) is 35.0 Å². The van der Waals surface area contributed by atoms with Gasteiger partial charge in [0.05, 0.1) is 9.75 Å². The highest BCUT2D eigenvalue weighted by Crippen LogP contribution is 2.44. The van der Waals surface area contributed by atoms with Gasteiger partial charge in [-0.3, -0.25) is 4.79 Å². The average Bonchev–Trinajstić information content (AvgIpc) is 3.39. The number of nitrogens with one attached hydrogen (secondary N) is 1. The lowest BCUT2D eigenvalue weighted by Crippen LogP contribution is -2.54. The molecule has 2 aliphatic heterocycles. The number of carbonyl (C=O) groups excluding carboxylic acids is 2. The fraction of sp³-hybridized carbons (Fsp3) is 0.429. The quantitative estimate of drug-likeness (QED) is 0.802. The molecule has 0 saturated carbocycles. The monoisotopic (exact) mass is 415 g/mol. The predicted molar refractivity (Wildman–Crippen MR) is 116 cm³/mol. The third kappa shape index (κ3) is 3.78. The van der Waals surface area contributed by atoms with E-state index in [1.165, 1.54) is 16.9 Å². The van der Waals surface area contributed by atoms with Gasteiger partial charge in [-0.05, 0) is 48.4 Å². The number of benzene rings is 1. The number of aryl methyl sites for hydroxylation is 1. The Hall–Kier alpha value is -1.99. The summed E-state index contributed by atoms with van der Waals surface area (Å²) < 4.78 is 0. The number of thioether (sulfide) groups is 1. The number of urea groups is 1. The molecular weight excluding hydrogens is 390 g/mol. The summed E-state index contributed by atoms with van der Waals surface area (Å²) in [6.07, 6.45) is 2.58. The molecule has 4 rings (SSSR count). The smallest absolute Gasteiger partial charge is 0.321 e. The van der Waals surface area contributed by atoms with Crippen molar-refractivity contribution >= 4 is 40.7 Å². The van der Waals surface area contributed by atoms with E-state index in [1.807, 2.05) is 57.3 Å². The van der Waals surface area contributed by atoms with Crippen molar-refractivity contribution in [3.63, 3.8) is 0 Å². The van der Waals surface area contributed by atoms with Crippen LogP contribution in [0.4, 0.5) is 10.5 Å². The molecule has 2 aromatic rings. The molecule has 3 amide bonds. The molecule has 2 aliphatic rings. The van der Waals surface area contributed by atoms with E-state index in [0.717, 1.165) is 42.1 Å². The highest BCUT2D eigenvalue weighted by Gasteiger charge is 2.47. The summed E-state index contributed by atoms with van der Waals surface area (Å²) in [4.78, 5) is 30.2. The summed E-state index contributed by atoms with van der Waals surface area (Å²) in [7, 11) is 0. The number of hydrogen-bond acceptors (Lipinski definition) is 4. The second-order valence-electron chi connectivity index (χ2n) is 7.20. The zero-order chi connectivity index (χ0) is 19.6. The Morgan fingerprint density at radius 2 is 1.96 bits per heavy atom. The third-order valence-electron chi connectivity index (χ3n) is 5.57. The van der Waals surface area contributed by atoms with Crippen molar-refractivity contribution in [3.8, 4) is 0 Å². The Kier molecular flexibility index (Phi) is 5.64. The molecule has 0 atom stereocenters. The Morgan fingerprint density at radius 1 is 1.14 bits per heavy atom. The first-order valence-electron chi connectivity index (χ1n) is 9.75. The number of piperidine rings is 1. The zero-order valence-electron chi connectivity index (χ0n) is 16.0. The summed E-state index contributed by atoms with van der Waals surface area (Å²) >= 11 is 3.37. The first kappa shape index (κ1) is 19.3. The topological polar surface area (TPSA) is 52.7 Å². The van der Waals surface area contributed by atoms with Gasteiger partial charge in [-0.15, -0.1) is 23.1 Å². The van der Waals surface area contributed by atoms with Crippen LogP contribution in [0, 0.1) is 0 Å². The molecule has 1 aromatic carbocycles. The minimum Gasteiger partial charge on any atom is -0.324 e. The lowest BCUT2D eigenvalue weighted by Gasteiger charge is -2.43. The van der Waals surface area contributed by atoms with Crippen LogP contribution in [-0.2, 0) is 6.42 Å². The second kappa shape index (κ2) is 8.17. The third-order valence-corrected chi connectivity index (χ3v) is 7.98. The van der Waals surface area contributed by atoms with E-state index < -0.39 is 0 Å². The van der Waals surface area contributed by atoms with Gasteiger partial charge in [-0.2, -0.15) is 0 Å². The molecule has 7 heteroatoms. The van der Waals surface area contributed by atoms with Gasteiger partial charge >= 0.3 is 6.03 Å². The molecular formula is C21H25N3O2S2. The molecule has 0 bridgehead atoms. The average molecular weight is 416 g/mol. The molecule has 148 valence electrons.